The number of imide groups is 1. The molecule has 2 rings (SSSR count). The van der Waals surface area contributed by atoms with Crippen molar-refractivity contribution < 1.29 is 14.4 Å². The van der Waals surface area contributed by atoms with Crippen LogP contribution < -0.4 is 10.6 Å². The fraction of sp³-hybridized carbons (Fsp3) is 0.769. The quantitative estimate of drug-likeness (QED) is 0.525. The molecule has 2 saturated heterocycles. The lowest BCUT2D eigenvalue weighted by molar-refractivity contribution is -0.141. The van der Waals surface area contributed by atoms with Gasteiger partial charge in [-0.2, -0.15) is 0 Å². The first-order valence-corrected chi connectivity index (χ1v) is 8.22. The zero-order chi connectivity index (χ0) is 14.9. The average Bonchev–Trinajstić information content (AvgIpc) is 2.76. The van der Waals surface area contributed by atoms with Gasteiger partial charge in [-0.05, 0) is 19.9 Å². The van der Waals surface area contributed by atoms with Crippen LogP contribution in [0.2, 0.25) is 0 Å². The van der Waals surface area contributed by atoms with Crippen LogP contribution in [-0.2, 0) is 14.4 Å². The topological polar surface area (TPSA) is 78.5 Å². The summed E-state index contributed by atoms with van der Waals surface area (Å²) in [7, 11) is 0. The Morgan fingerprint density at radius 2 is 2.25 bits per heavy atom. The van der Waals surface area contributed by atoms with E-state index >= 15 is 0 Å². The summed E-state index contributed by atoms with van der Waals surface area (Å²) >= 11 is 2.32. The number of piperidine rings is 1. The molecule has 4 atom stereocenters. The van der Waals surface area contributed by atoms with Gasteiger partial charge in [0.05, 0.1) is 5.92 Å². The molecule has 112 valence electrons. The molecule has 6 nitrogen and oxygen atoms in total. The Morgan fingerprint density at radius 1 is 1.55 bits per heavy atom. The molecular weight excluding hydrogens is 373 g/mol. The molecule has 20 heavy (non-hydrogen) atoms. The van der Waals surface area contributed by atoms with Gasteiger partial charge in [0.15, 0.2) is 0 Å². The number of hydrogen-bond acceptors (Lipinski definition) is 4. The van der Waals surface area contributed by atoms with Gasteiger partial charge in [0.1, 0.15) is 6.04 Å². The van der Waals surface area contributed by atoms with Crippen molar-refractivity contribution in [1.29, 1.82) is 0 Å². The van der Waals surface area contributed by atoms with Crippen molar-refractivity contribution in [3.05, 3.63) is 0 Å². The predicted octanol–water partition coefficient (Wildman–Crippen LogP) is 0.0516. The maximum absolute atomic E-state index is 12.5. The zero-order valence-electron chi connectivity index (χ0n) is 11.7. The number of hydrogen-bond donors (Lipinski definition) is 2. The van der Waals surface area contributed by atoms with Crippen LogP contribution in [0.1, 0.15) is 26.7 Å². The third-order valence-corrected chi connectivity index (χ3v) is 5.44. The van der Waals surface area contributed by atoms with Crippen molar-refractivity contribution in [3.8, 4) is 0 Å². The number of nitrogens with zero attached hydrogens (tertiary/aromatic N) is 1. The van der Waals surface area contributed by atoms with E-state index in [0.717, 1.165) is 13.0 Å². The lowest BCUT2D eigenvalue weighted by Crippen LogP contribution is -2.48. The number of alkyl halides is 1. The molecule has 0 aliphatic carbocycles. The molecule has 0 aromatic rings. The van der Waals surface area contributed by atoms with Gasteiger partial charge in [0, 0.05) is 22.9 Å². The van der Waals surface area contributed by atoms with Crippen molar-refractivity contribution in [3.63, 3.8) is 0 Å². The summed E-state index contributed by atoms with van der Waals surface area (Å²) in [6.07, 6.45) is 1.23. The Hall–Kier alpha value is -0.700. The van der Waals surface area contributed by atoms with E-state index < -0.39 is 11.9 Å². The molecule has 0 bridgehead atoms. The van der Waals surface area contributed by atoms with E-state index in [9.17, 15) is 14.4 Å². The normalized spacial score (nSPS) is 30.9. The fourth-order valence-corrected chi connectivity index (χ4v) is 3.90. The van der Waals surface area contributed by atoms with Gasteiger partial charge in [-0.1, -0.05) is 29.5 Å². The van der Waals surface area contributed by atoms with Crippen LogP contribution >= 0.6 is 22.6 Å². The molecule has 2 heterocycles. The smallest absolute Gasteiger partial charge is 0.249 e. The molecule has 0 aromatic carbocycles. The van der Waals surface area contributed by atoms with Crippen LogP contribution in [0, 0.1) is 5.92 Å². The van der Waals surface area contributed by atoms with E-state index in [-0.39, 0.29) is 30.2 Å². The molecule has 7 heteroatoms. The molecule has 2 fully saturated rings. The summed E-state index contributed by atoms with van der Waals surface area (Å²) < 4.78 is 0.309. The minimum atomic E-state index is -0.603. The second-order valence-electron chi connectivity index (χ2n) is 5.32. The number of rotatable bonds is 3. The highest BCUT2D eigenvalue weighted by Crippen LogP contribution is 2.32. The average molecular weight is 393 g/mol. The summed E-state index contributed by atoms with van der Waals surface area (Å²) in [4.78, 5) is 37.3. The predicted molar refractivity (Wildman–Crippen MR) is 82.3 cm³/mol. The van der Waals surface area contributed by atoms with E-state index in [1.165, 1.54) is 0 Å². The van der Waals surface area contributed by atoms with Crippen molar-refractivity contribution >= 4 is 40.3 Å². The highest BCUT2D eigenvalue weighted by atomic mass is 127. The standard InChI is InChI=1S/C13H20IN3O3/c1-3-10(18)16-12(19)7(2)17-6-9-11(13(17)20)8(14)4-5-15-9/h7-9,11,15H,3-6H2,1-2H3,(H,16,18,19). The SMILES string of the molecule is CCC(=O)NC(=O)C(C)N1CC2NCCC(I)C2C1=O. The van der Waals surface area contributed by atoms with Gasteiger partial charge in [0.2, 0.25) is 17.7 Å². The first kappa shape index (κ1) is 15.7. The number of fused-ring (bicyclic) bond motifs is 1. The molecule has 2 aliphatic rings. The monoisotopic (exact) mass is 393 g/mol. The Morgan fingerprint density at radius 3 is 2.85 bits per heavy atom. The lowest BCUT2D eigenvalue weighted by Gasteiger charge is -2.28. The van der Waals surface area contributed by atoms with Crippen molar-refractivity contribution in [2.75, 3.05) is 13.1 Å². The van der Waals surface area contributed by atoms with Crippen LogP contribution in [0.15, 0.2) is 0 Å². The summed E-state index contributed by atoms with van der Waals surface area (Å²) in [5, 5.41) is 5.68. The molecule has 0 aromatic heterocycles. The van der Waals surface area contributed by atoms with Crippen molar-refractivity contribution in [2.24, 2.45) is 5.92 Å². The molecule has 0 saturated carbocycles. The number of carbonyl (C=O) groups excluding carboxylic acids is 3. The van der Waals surface area contributed by atoms with E-state index in [1.54, 1.807) is 18.7 Å². The Bertz CT molecular complexity index is 429. The molecular formula is C13H20IN3O3. The highest BCUT2D eigenvalue weighted by molar-refractivity contribution is 14.1. The van der Waals surface area contributed by atoms with Crippen molar-refractivity contribution in [1.82, 2.24) is 15.5 Å². The third kappa shape index (κ3) is 2.98. The molecule has 4 unspecified atom stereocenters. The van der Waals surface area contributed by atoms with Gasteiger partial charge in [-0.3, -0.25) is 19.7 Å². The minimum Gasteiger partial charge on any atom is -0.329 e. The Balaban J connectivity index is 2.04. The summed E-state index contributed by atoms with van der Waals surface area (Å²) in [5.74, 6) is -0.737. The third-order valence-electron chi connectivity index (χ3n) is 4.04. The Labute approximate surface area is 132 Å². The van der Waals surface area contributed by atoms with Crippen LogP contribution in [0.4, 0.5) is 0 Å². The van der Waals surface area contributed by atoms with Crippen LogP contribution in [-0.4, -0.2) is 51.7 Å². The van der Waals surface area contributed by atoms with Gasteiger partial charge in [-0.25, -0.2) is 0 Å². The minimum absolute atomic E-state index is 0.0215. The number of nitrogens with one attached hydrogen (secondary N) is 2. The number of likely N-dealkylation sites (tertiary alicyclic amines) is 1. The summed E-state index contributed by atoms with van der Waals surface area (Å²) in [6.45, 7) is 4.81. The summed E-state index contributed by atoms with van der Waals surface area (Å²) in [5.41, 5.74) is 0. The van der Waals surface area contributed by atoms with Crippen molar-refractivity contribution in [2.45, 2.75) is 42.7 Å². The maximum Gasteiger partial charge on any atom is 0.249 e. The van der Waals surface area contributed by atoms with Crippen LogP contribution in [0.25, 0.3) is 0 Å². The van der Waals surface area contributed by atoms with E-state index in [1.807, 2.05) is 0 Å². The molecule has 2 N–H and O–H groups in total. The number of amides is 3. The van der Waals surface area contributed by atoms with Gasteiger partial charge in [0.25, 0.3) is 0 Å². The molecule has 0 radical (unpaired) electrons. The van der Waals surface area contributed by atoms with Gasteiger partial charge in [-0.15, -0.1) is 0 Å². The maximum atomic E-state index is 12.5. The number of halogens is 1. The van der Waals surface area contributed by atoms with E-state index in [0.29, 0.717) is 10.5 Å². The second kappa shape index (κ2) is 6.38. The molecule has 2 aliphatic heterocycles. The van der Waals surface area contributed by atoms with Gasteiger partial charge >= 0.3 is 0 Å². The van der Waals surface area contributed by atoms with Crippen LogP contribution in [0.5, 0.6) is 0 Å². The fourth-order valence-electron chi connectivity index (χ4n) is 2.78. The lowest BCUT2D eigenvalue weighted by atomic mass is 9.93. The number of carbonyl (C=O) groups is 3. The highest BCUT2D eigenvalue weighted by Gasteiger charge is 2.48. The summed E-state index contributed by atoms with van der Waals surface area (Å²) in [6, 6.07) is -0.482. The first-order valence-electron chi connectivity index (χ1n) is 6.97. The van der Waals surface area contributed by atoms with E-state index in [4.69, 9.17) is 0 Å². The van der Waals surface area contributed by atoms with E-state index in [2.05, 4.69) is 33.2 Å². The first-order chi connectivity index (χ1) is 9.45. The zero-order valence-corrected chi connectivity index (χ0v) is 13.8. The molecule has 0 spiro atoms. The second-order valence-corrected chi connectivity index (χ2v) is 6.92. The van der Waals surface area contributed by atoms with Crippen LogP contribution in [0.3, 0.4) is 0 Å². The van der Waals surface area contributed by atoms with Gasteiger partial charge < -0.3 is 10.2 Å². The Kier molecular flexibility index (Phi) is 5.00. The largest absolute Gasteiger partial charge is 0.329 e. The molecule has 3 amide bonds.